The van der Waals surface area contributed by atoms with Crippen LogP contribution in [0.5, 0.6) is 0 Å². The molecule has 1 atom stereocenters. The fourth-order valence-corrected chi connectivity index (χ4v) is 3.87. The first-order chi connectivity index (χ1) is 12.1. The summed E-state index contributed by atoms with van der Waals surface area (Å²) in [6.45, 7) is 4.20. The number of thiazole rings is 1. The normalized spacial score (nSPS) is 11.9. The van der Waals surface area contributed by atoms with Gasteiger partial charge in [0.05, 0.1) is 18.5 Å². The Morgan fingerprint density at radius 2 is 2.04 bits per heavy atom. The number of amides is 2. The fourth-order valence-electron chi connectivity index (χ4n) is 2.44. The number of aromatic nitrogens is 1. The number of nitrogens with zero attached hydrogens (tertiary/aromatic N) is 1. The smallest absolute Gasteiger partial charge is 0.231 e. The molecule has 0 aliphatic heterocycles. The number of rotatable bonds is 10. The zero-order chi connectivity index (χ0) is 18.1. The Bertz CT molecular complexity index is 668. The Hall–Kier alpha value is -1.73. The van der Waals surface area contributed by atoms with Crippen LogP contribution in [0.15, 0.2) is 22.9 Å². The van der Waals surface area contributed by atoms with Crippen molar-refractivity contribution in [2.75, 3.05) is 5.32 Å². The maximum absolute atomic E-state index is 12.1. The van der Waals surface area contributed by atoms with E-state index in [-0.39, 0.29) is 24.3 Å². The average molecular weight is 380 g/mol. The van der Waals surface area contributed by atoms with E-state index in [1.165, 1.54) is 24.2 Å². The zero-order valence-electron chi connectivity index (χ0n) is 14.7. The number of thiophene rings is 1. The number of unbranched alkanes of at least 4 members (excludes halogenated alkanes) is 2. The summed E-state index contributed by atoms with van der Waals surface area (Å²) in [6, 6.07) is 4.04. The molecule has 0 spiro atoms. The molecule has 2 amide bonds. The molecule has 0 saturated heterocycles. The topological polar surface area (TPSA) is 71.1 Å². The Balaban J connectivity index is 1.74. The van der Waals surface area contributed by atoms with Crippen molar-refractivity contribution in [3.8, 4) is 0 Å². The second kappa shape index (κ2) is 10.3. The molecule has 25 heavy (non-hydrogen) atoms. The number of nitrogens with one attached hydrogen (secondary N) is 2. The Morgan fingerprint density at radius 3 is 2.76 bits per heavy atom. The molecule has 0 aliphatic carbocycles. The minimum atomic E-state index is -0.0858. The van der Waals surface area contributed by atoms with Crippen molar-refractivity contribution in [1.82, 2.24) is 10.3 Å². The summed E-state index contributed by atoms with van der Waals surface area (Å²) in [7, 11) is 0. The molecule has 0 radical (unpaired) electrons. The van der Waals surface area contributed by atoms with Gasteiger partial charge in [0.15, 0.2) is 5.13 Å². The van der Waals surface area contributed by atoms with E-state index in [0.717, 1.165) is 17.7 Å². The molecule has 2 heterocycles. The largest absolute Gasteiger partial charge is 0.353 e. The maximum Gasteiger partial charge on any atom is 0.231 e. The molecule has 0 saturated carbocycles. The summed E-state index contributed by atoms with van der Waals surface area (Å²) in [5, 5.41) is 10.1. The SMILES string of the molecule is CCCCCC(C)NC(=O)Cc1csc(NC(=O)Cc2cccs2)n1. The van der Waals surface area contributed by atoms with Crippen molar-refractivity contribution in [2.24, 2.45) is 0 Å². The van der Waals surface area contributed by atoms with Crippen molar-refractivity contribution in [3.05, 3.63) is 33.5 Å². The Kier molecular flexibility index (Phi) is 8.08. The molecule has 0 fully saturated rings. The molecule has 0 aliphatic rings. The molecule has 2 rings (SSSR count). The lowest BCUT2D eigenvalue weighted by molar-refractivity contribution is -0.121. The molecule has 2 N–H and O–H groups in total. The van der Waals surface area contributed by atoms with E-state index in [1.807, 2.05) is 29.8 Å². The third-order valence-electron chi connectivity index (χ3n) is 3.70. The summed E-state index contributed by atoms with van der Waals surface area (Å²) < 4.78 is 0. The van der Waals surface area contributed by atoms with Gasteiger partial charge >= 0.3 is 0 Å². The van der Waals surface area contributed by atoms with Crippen LogP contribution in [-0.4, -0.2) is 22.8 Å². The molecule has 136 valence electrons. The van der Waals surface area contributed by atoms with Gasteiger partial charge in [0.2, 0.25) is 11.8 Å². The van der Waals surface area contributed by atoms with Gasteiger partial charge < -0.3 is 10.6 Å². The van der Waals surface area contributed by atoms with Crippen LogP contribution in [0.1, 0.15) is 50.1 Å². The lowest BCUT2D eigenvalue weighted by Gasteiger charge is -2.12. The Morgan fingerprint density at radius 1 is 1.20 bits per heavy atom. The standard InChI is InChI=1S/C18H25N3O2S2/c1-3-4-5-7-13(2)19-16(22)10-14-12-25-18(20-14)21-17(23)11-15-8-6-9-24-15/h6,8-9,12-13H,3-5,7,10-11H2,1-2H3,(H,19,22)(H,20,21,23). The first-order valence-electron chi connectivity index (χ1n) is 8.62. The molecule has 0 bridgehead atoms. The third-order valence-corrected chi connectivity index (χ3v) is 5.39. The monoisotopic (exact) mass is 379 g/mol. The summed E-state index contributed by atoms with van der Waals surface area (Å²) in [5.41, 5.74) is 0.690. The molecular weight excluding hydrogens is 354 g/mol. The van der Waals surface area contributed by atoms with Gasteiger partial charge in [0, 0.05) is 16.3 Å². The average Bonchev–Trinajstić information content (AvgIpc) is 3.19. The van der Waals surface area contributed by atoms with Crippen molar-refractivity contribution in [2.45, 2.75) is 58.4 Å². The number of carbonyl (C=O) groups is 2. The lowest BCUT2D eigenvalue weighted by atomic mass is 10.1. The van der Waals surface area contributed by atoms with Crippen LogP contribution in [-0.2, 0) is 22.4 Å². The summed E-state index contributed by atoms with van der Waals surface area (Å²) in [6.07, 6.45) is 5.11. The van der Waals surface area contributed by atoms with Gasteiger partial charge in [0.1, 0.15) is 0 Å². The second-order valence-corrected chi connectivity index (χ2v) is 7.98. The molecule has 0 aromatic carbocycles. The van der Waals surface area contributed by atoms with Crippen LogP contribution >= 0.6 is 22.7 Å². The quantitative estimate of drug-likeness (QED) is 0.613. The van der Waals surface area contributed by atoms with Crippen LogP contribution in [0.2, 0.25) is 0 Å². The van der Waals surface area contributed by atoms with Crippen LogP contribution in [0.3, 0.4) is 0 Å². The van der Waals surface area contributed by atoms with E-state index in [1.54, 1.807) is 11.3 Å². The maximum atomic E-state index is 12.1. The molecule has 1 unspecified atom stereocenters. The van der Waals surface area contributed by atoms with E-state index >= 15 is 0 Å². The highest BCUT2D eigenvalue weighted by molar-refractivity contribution is 7.14. The van der Waals surface area contributed by atoms with Gasteiger partial charge in [-0.1, -0.05) is 32.3 Å². The summed E-state index contributed by atoms with van der Waals surface area (Å²) in [5.74, 6) is -0.108. The summed E-state index contributed by atoms with van der Waals surface area (Å²) >= 11 is 2.91. The molecule has 2 aromatic rings. The minimum absolute atomic E-state index is 0.0224. The van der Waals surface area contributed by atoms with Crippen LogP contribution < -0.4 is 10.6 Å². The van der Waals surface area contributed by atoms with Gasteiger partial charge in [-0.05, 0) is 24.8 Å². The second-order valence-electron chi connectivity index (χ2n) is 6.09. The van der Waals surface area contributed by atoms with Crippen molar-refractivity contribution >= 4 is 39.6 Å². The number of anilines is 1. The van der Waals surface area contributed by atoms with E-state index < -0.39 is 0 Å². The van der Waals surface area contributed by atoms with E-state index in [2.05, 4.69) is 22.5 Å². The lowest BCUT2D eigenvalue weighted by Crippen LogP contribution is -2.33. The predicted molar refractivity (Wildman–Crippen MR) is 104 cm³/mol. The fraction of sp³-hybridized carbons (Fsp3) is 0.500. The van der Waals surface area contributed by atoms with Gasteiger partial charge in [-0.15, -0.1) is 22.7 Å². The van der Waals surface area contributed by atoms with Crippen molar-refractivity contribution in [3.63, 3.8) is 0 Å². The zero-order valence-corrected chi connectivity index (χ0v) is 16.3. The van der Waals surface area contributed by atoms with Crippen LogP contribution in [0.4, 0.5) is 5.13 Å². The van der Waals surface area contributed by atoms with Gasteiger partial charge in [-0.3, -0.25) is 9.59 Å². The number of carbonyl (C=O) groups excluding carboxylic acids is 2. The molecule has 2 aromatic heterocycles. The first-order valence-corrected chi connectivity index (χ1v) is 10.4. The van der Waals surface area contributed by atoms with Crippen LogP contribution in [0, 0.1) is 0 Å². The van der Waals surface area contributed by atoms with Gasteiger partial charge in [-0.2, -0.15) is 0 Å². The highest BCUT2D eigenvalue weighted by Gasteiger charge is 2.12. The third kappa shape index (κ3) is 7.36. The highest BCUT2D eigenvalue weighted by atomic mass is 32.1. The van der Waals surface area contributed by atoms with Crippen molar-refractivity contribution in [1.29, 1.82) is 0 Å². The molecular formula is C18H25N3O2S2. The Labute approximate surface area is 156 Å². The molecule has 5 nitrogen and oxygen atoms in total. The predicted octanol–water partition coefficient (Wildman–Crippen LogP) is 4.01. The summed E-state index contributed by atoms with van der Waals surface area (Å²) in [4.78, 5) is 29.4. The van der Waals surface area contributed by atoms with Crippen LogP contribution in [0.25, 0.3) is 0 Å². The van der Waals surface area contributed by atoms with E-state index in [9.17, 15) is 9.59 Å². The molecule has 7 heteroatoms. The highest BCUT2D eigenvalue weighted by Crippen LogP contribution is 2.17. The van der Waals surface area contributed by atoms with Gasteiger partial charge in [0.25, 0.3) is 0 Å². The first kappa shape index (κ1) is 19.6. The number of hydrogen-bond acceptors (Lipinski definition) is 5. The van der Waals surface area contributed by atoms with E-state index in [4.69, 9.17) is 0 Å². The van der Waals surface area contributed by atoms with E-state index in [0.29, 0.717) is 17.2 Å². The van der Waals surface area contributed by atoms with Crippen molar-refractivity contribution < 1.29 is 9.59 Å². The number of hydrogen-bond donors (Lipinski definition) is 2. The van der Waals surface area contributed by atoms with Gasteiger partial charge in [-0.25, -0.2) is 4.98 Å². The minimum Gasteiger partial charge on any atom is -0.353 e.